The molecule has 2 nitrogen and oxygen atoms in total. The second kappa shape index (κ2) is 3.47. The second-order valence-corrected chi connectivity index (χ2v) is 3.90. The Morgan fingerprint density at radius 2 is 2.07 bits per heavy atom. The summed E-state index contributed by atoms with van der Waals surface area (Å²) in [5.74, 6) is -0.989. The number of benzene rings is 1. The lowest BCUT2D eigenvalue weighted by Gasteiger charge is -2.18. The molecule has 0 aromatic heterocycles. The maximum absolute atomic E-state index is 13.5. The number of phenolic OH excluding ortho intramolecular Hbond substituents is 1. The summed E-state index contributed by atoms with van der Waals surface area (Å²) in [5, 5.41) is 18.2. The number of nitriles is 1. The van der Waals surface area contributed by atoms with Gasteiger partial charge < -0.3 is 5.11 Å². The van der Waals surface area contributed by atoms with Crippen molar-refractivity contribution in [3.05, 3.63) is 28.5 Å². The highest BCUT2D eigenvalue weighted by atomic mass is 35.5. The van der Waals surface area contributed by atoms with Crippen LogP contribution in [0.2, 0.25) is 5.02 Å². The van der Waals surface area contributed by atoms with Crippen LogP contribution in [0.25, 0.3) is 0 Å². The van der Waals surface area contributed by atoms with Crippen molar-refractivity contribution in [1.29, 1.82) is 5.26 Å². The minimum Gasteiger partial charge on any atom is -0.508 e. The van der Waals surface area contributed by atoms with E-state index >= 15 is 0 Å². The maximum Gasteiger partial charge on any atom is 0.150 e. The zero-order valence-corrected chi connectivity index (χ0v) is 8.56. The smallest absolute Gasteiger partial charge is 0.150 e. The van der Waals surface area contributed by atoms with Gasteiger partial charge in [0.2, 0.25) is 0 Å². The summed E-state index contributed by atoms with van der Waals surface area (Å²) in [6.45, 7) is 3.03. The van der Waals surface area contributed by atoms with Crippen molar-refractivity contribution in [3.63, 3.8) is 0 Å². The van der Waals surface area contributed by atoms with Gasteiger partial charge in [0.15, 0.2) is 0 Å². The van der Waals surface area contributed by atoms with Crippen molar-refractivity contribution in [2.45, 2.75) is 19.3 Å². The van der Waals surface area contributed by atoms with Crippen molar-refractivity contribution in [2.75, 3.05) is 0 Å². The minimum atomic E-state index is -1.10. The first kappa shape index (κ1) is 10.8. The first-order chi connectivity index (χ1) is 6.40. The molecule has 0 fully saturated rings. The molecular weight excluding hydrogens is 205 g/mol. The van der Waals surface area contributed by atoms with Crippen LogP contribution in [0.1, 0.15) is 19.4 Å². The monoisotopic (exact) mass is 213 g/mol. The predicted molar refractivity (Wildman–Crippen MR) is 51.7 cm³/mol. The Morgan fingerprint density at radius 3 is 2.57 bits per heavy atom. The van der Waals surface area contributed by atoms with E-state index in [1.165, 1.54) is 26.0 Å². The van der Waals surface area contributed by atoms with Crippen molar-refractivity contribution in [2.24, 2.45) is 0 Å². The van der Waals surface area contributed by atoms with Crippen molar-refractivity contribution in [3.8, 4) is 11.8 Å². The van der Waals surface area contributed by atoms with Gasteiger partial charge in [-0.05, 0) is 26.0 Å². The fraction of sp³-hybridized carbons (Fsp3) is 0.300. The zero-order valence-electron chi connectivity index (χ0n) is 7.81. The van der Waals surface area contributed by atoms with Gasteiger partial charge in [0.1, 0.15) is 11.6 Å². The summed E-state index contributed by atoms with van der Waals surface area (Å²) in [4.78, 5) is 0. The third-order valence-electron chi connectivity index (χ3n) is 1.98. The molecule has 0 aliphatic heterocycles. The molecule has 0 amide bonds. The minimum absolute atomic E-state index is 0.0625. The maximum atomic E-state index is 13.5. The lowest BCUT2D eigenvalue weighted by molar-refractivity contribution is 0.442. The number of halogens is 2. The molecular formula is C10H9ClFNO. The van der Waals surface area contributed by atoms with E-state index in [1.54, 1.807) is 0 Å². The summed E-state index contributed by atoms with van der Waals surface area (Å²) in [5.41, 5.74) is -1.16. The molecule has 0 heterocycles. The molecule has 4 heteroatoms. The summed E-state index contributed by atoms with van der Waals surface area (Å²) < 4.78 is 13.5. The summed E-state index contributed by atoms with van der Waals surface area (Å²) in [6.07, 6.45) is 0. The SMILES string of the molecule is CC(C)(C#N)c1c(O)ccc(Cl)c1F. The largest absolute Gasteiger partial charge is 0.508 e. The molecule has 74 valence electrons. The number of aromatic hydroxyl groups is 1. The molecule has 1 aromatic rings. The molecule has 0 radical (unpaired) electrons. The molecule has 0 aliphatic rings. The molecule has 0 atom stereocenters. The van der Waals surface area contributed by atoms with Gasteiger partial charge in [-0.1, -0.05) is 11.6 Å². The van der Waals surface area contributed by atoms with Crippen molar-refractivity contribution in [1.82, 2.24) is 0 Å². The Labute approximate surface area is 86.5 Å². The predicted octanol–water partition coefficient (Wildman–Crippen LogP) is 2.99. The van der Waals surface area contributed by atoms with Crippen LogP contribution in [0.3, 0.4) is 0 Å². The normalized spacial score (nSPS) is 11.1. The third-order valence-corrected chi connectivity index (χ3v) is 2.27. The average Bonchev–Trinajstić information content (AvgIpc) is 2.12. The molecule has 14 heavy (non-hydrogen) atoms. The summed E-state index contributed by atoms with van der Waals surface area (Å²) in [6, 6.07) is 4.44. The Balaban J connectivity index is 3.49. The van der Waals surface area contributed by atoms with Crippen LogP contribution in [0.15, 0.2) is 12.1 Å². The lowest BCUT2D eigenvalue weighted by Crippen LogP contribution is -2.16. The number of phenols is 1. The van der Waals surface area contributed by atoms with Crippen LogP contribution in [0.4, 0.5) is 4.39 Å². The quantitative estimate of drug-likeness (QED) is 0.780. The molecule has 1 N–H and O–H groups in total. The van der Waals surface area contributed by atoms with E-state index in [0.29, 0.717) is 0 Å². The van der Waals surface area contributed by atoms with Crippen molar-refractivity contribution < 1.29 is 9.50 Å². The van der Waals surface area contributed by atoms with Gasteiger partial charge in [0.05, 0.1) is 22.1 Å². The van der Waals surface area contributed by atoms with Crippen LogP contribution in [-0.2, 0) is 5.41 Å². The van der Waals surface area contributed by atoms with E-state index < -0.39 is 11.2 Å². The molecule has 0 saturated heterocycles. The molecule has 0 saturated carbocycles. The van der Waals surface area contributed by atoms with Crippen LogP contribution in [0, 0.1) is 17.1 Å². The Bertz CT molecular complexity index is 409. The van der Waals surface area contributed by atoms with E-state index in [9.17, 15) is 9.50 Å². The van der Waals surface area contributed by atoms with Gasteiger partial charge in [-0.3, -0.25) is 0 Å². The van der Waals surface area contributed by atoms with Crippen LogP contribution < -0.4 is 0 Å². The number of hydrogen-bond acceptors (Lipinski definition) is 2. The van der Waals surface area contributed by atoms with Crippen LogP contribution in [0.5, 0.6) is 5.75 Å². The third kappa shape index (κ3) is 1.66. The van der Waals surface area contributed by atoms with E-state index in [1.807, 2.05) is 6.07 Å². The summed E-state index contributed by atoms with van der Waals surface area (Å²) in [7, 11) is 0. The van der Waals surface area contributed by atoms with E-state index in [4.69, 9.17) is 16.9 Å². The number of hydrogen-bond donors (Lipinski definition) is 1. The Kier molecular flexibility index (Phi) is 2.68. The first-order valence-corrected chi connectivity index (χ1v) is 4.36. The molecule has 1 rings (SSSR count). The van der Waals surface area contributed by atoms with Crippen LogP contribution in [-0.4, -0.2) is 5.11 Å². The number of rotatable bonds is 1. The van der Waals surface area contributed by atoms with E-state index in [2.05, 4.69) is 0 Å². The fourth-order valence-electron chi connectivity index (χ4n) is 1.19. The highest BCUT2D eigenvalue weighted by molar-refractivity contribution is 6.30. The molecule has 0 unspecified atom stereocenters. The first-order valence-electron chi connectivity index (χ1n) is 3.99. The second-order valence-electron chi connectivity index (χ2n) is 3.49. The molecule has 0 spiro atoms. The zero-order chi connectivity index (χ0) is 10.9. The molecule has 0 aliphatic carbocycles. The average molecular weight is 214 g/mol. The van der Waals surface area contributed by atoms with Gasteiger partial charge in [-0.15, -0.1) is 0 Å². The Hall–Kier alpha value is -1.27. The van der Waals surface area contributed by atoms with Gasteiger partial charge in [-0.25, -0.2) is 4.39 Å². The van der Waals surface area contributed by atoms with Gasteiger partial charge in [0, 0.05) is 0 Å². The highest BCUT2D eigenvalue weighted by Crippen LogP contribution is 2.35. The van der Waals surface area contributed by atoms with Crippen LogP contribution >= 0.6 is 11.6 Å². The van der Waals surface area contributed by atoms with E-state index in [-0.39, 0.29) is 16.3 Å². The van der Waals surface area contributed by atoms with Gasteiger partial charge in [-0.2, -0.15) is 5.26 Å². The topological polar surface area (TPSA) is 44.0 Å². The molecule has 1 aromatic carbocycles. The van der Waals surface area contributed by atoms with Crippen molar-refractivity contribution >= 4 is 11.6 Å². The highest BCUT2D eigenvalue weighted by Gasteiger charge is 2.28. The number of nitrogens with zero attached hydrogens (tertiary/aromatic N) is 1. The van der Waals surface area contributed by atoms with Gasteiger partial charge in [0.25, 0.3) is 0 Å². The standard InChI is InChI=1S/C10H9ClFNO/c1-10(2,5-13)8-7(14)4-3-6(11)9(8)12/h3-4,14H,1-2H3. The lowest BCUT2D eigenvalue weighted by atomic mass is 9.85. The summed E-state index contributed by atoms with van der Waals surface area (Å²) >= 11 is 5.55. The Morgan fingerprint density at radius 1 is 1.50 bits per heavy atom. The van der Waals surface area contributed by atoms with Gasteiger partial charge >= 0.3 is 0 Å². The molecule has 0 bridgehead atoms. The van der Waals surface area contributed by atoms with E-state index in [0.717, 1.165) is 0 Å². The fourth-order valence-corrected chi connectivity index (χ4v) is 1.35.